The quantitative estimate of drug-likeness (QED) is 0.503. The predicted octanol–water partition coefficient (Wildman–Crippen LogP) is -0.937. The third-order valence-electron chi connectivity index (χ3n) is 2.26. The Morgan fingerprint density at radius 3 is 2.88 bits per heavy atom. The Kier molecular flexibility index (Phi) is 2.79. The molecule has 6 N–H and O–H groups in total. The Labute approximate surface area is 95.5 Å². The van der Waals surface area contributed by atoms with E-state index in [-0.39, 0.29) is 6.54 Å². The number of primary amides is 1. The van der Waals surface area contributed by atoms with E-state index in [0.717, 1.165) is 0 Å². The average Bonchev–Trinajstić information content (AvgIpc) is 2.77. The first-order valence-electron chi connectivity index (χ1n) is 4.81. The van der Waals surface area contributed by atoms with Gasteiger partial charge in [-0.25, -0.2) is 4.63 Å². The van der Waals surface area contributed by atoms with E-state index in [1.165, 1.54) is 0 Å². The van der Waals surface area contributed by atoms with Crippen LogP contribution in [0.3, 0.4) is 0 Å². The standard InChI is InChI=1S/C9H11N5O3/c10-4-1-2-5(8-7(4)13-17-14-8)12-3-6(15)9(11)16/h1-2,6,12,15H,3,10H2,(H2,11,16). The van der Waals surface area contributed by atoms with Gasteiger partial charge in [-0.2, -0.15) is 0 Å². The van der Waals surface area contributed by atoms with Gasteiger partial charge >= 0.3 is 0 Å². The molecule has 0 bridgehead atoms. The Balaban J connectivity index is 2.22. The zero-order valence-corrected chi connectivity index (χ0v) is 8.75. The van der Waals surface area contributed by atoms with Crippen molar-refractivity contribution < 1.29 is 14.5 Å². The smallest absolute Gasteiger partial charge is 0.248 e. The van der Waals surface area contributed by atoms with Crippen LogP contribution in [0.1, 0.15) is 0 Å². The lowest BCUT2D eigenvalue weighted by Crippen LogP contribution is -2.34. The molecule has 0 radical (unpaired) electrons. The molecule has 0 aliphatic heterocycles. The summed E-state index contributed by atoms with van der Waals surface area (Å²) in [5, 5.41) is 19.4. The first-order chi connectivity index (χ1) is 8.09. The van der Waals surface area contributed by atoms with Crippen LogP contribution in [0.15, 0.2) is 16.8 Å². The molecule has 90 valence electrons. The molecule has 2 aromatic rings. The first kappa shape index (κ1) is 11.1. The molecular formula is C9H11N5O3. The molecule has 1 heterocycles. The number of carbonyl (C=O) groups is 1. The highest BCUT2D eigenvalue weighted by Crippen LogP contribution is 2.24. The molecule has 1 aromatic carbocycles. The van der Waals surface area contributed by atoms with E-state index < -0.39 is 12.0 Å². The van der Waals surface area contributed by atoms with Gasteiger partial charge in [0.05, 0.1) is 11.4 Å². The van der Waals surface area contributed by atoms with Gasteiger partial charge in [0.1, 0.15) is 6.10 Å². The van der Waals surface area contributed by atoms with Gasteiger partial charge in [-0.1, -0.05) is 0 Å². The predicted molar refractivity (Wildman–Crippen MR) is 59.9 cm³/mol. The summed E-state index contributed by atoms with van der Waals surface area (Å²) in [6.45, 7) is -0.0266. The molecule has 1 amide bonds. The number of nitrogens with two attached hydrogens (primary N) is 2. The Bertz CT molecular complexity index is 553. The lowest BCUT2D eigenvalue weighted by atomic mass is 10.2. The average molecular weight is 237 g/mol. The van der Waals surface area contributed by atoms with E-state index in [2.05, 4.69) is 20.3 Å². The van der Waals surface area contributed by atoms with Crippen molar-refractivity contribution in [1.82, 2.24) is 10.3 Å². The van der Waals surface area contributed by atoms with E-state index in [4.69, 9.17) is 11.5 Å². The highest BCUT2D eigenvalue weighted by atomic mass is 16.6. The van der Waals surface area contributed by atoms with Crippen molar-refractivity contribution in [3.63, 3.8) is 0 Å². The van der Waals surface area contributed by atoms with E-state index in [0.29, 0.717) is 22.4 Å². The molecule has 0 fully saturated rings. The van der Waals surface area contributed by atoms with E-state index in [9.17, 15) is 9.90 Å². The van der Waals surface area contributed by atoms with Crippen molar-refractivity contribution >= 4 is 28.3 Å². The highest BCUT2D eigenvalue weighted by molar-refractivity contribution is 5.95. The van der Waals surface area contributed by atoms with Crippen molar-refractivity contribution in [2.24, 2.45) is 5.73 Å². The van der Waals surface area contributed by atoms with Crippen molar-refractivity contribution in [2.45, 2.75) is 6.10 Å². The van der Waals surface area contributed by atoms with Gasteiger partial charge in [0.15, 0.2) is 11.0 Å². The number of nitrogens with one attached hydrogen (secondary N) is 1. The lowest BCUT2D eigenvalue weighted by molar-refractivity contribution is -0.125. The maximum atomic E-state index is 10.7. The minimum Gasteiger partial charge on any atom is -0.397 e. The molecule has 0 saturated heterocycles. The number of anilines is 2. The fourth-order valence-electron chi connectivity index (χ4n) is 1.34. The summed E-state index contributed by atoms with van der Waals surface area (Å²) in [7, 11) is 0. The zero-order valence-electron chi connectivity index (χ0n) is 8.75. The Morgan fingerprint density at radius 1 is 1.47 bits per heavy atom. The van der Waals surface area contributed by atoms with Crippen LogP contribution in [-0.4, -0.2) is 34.0 Å². The molecule has 8 heteroatoms. The second-order valence-electron chi connectivity index (χ2n) is 3.46. The SMILES string of the molecule is NC(=O)C(O)CNc1ccc(N)c2nonc12. The van der Waals surface area contributed by atoms with Crippen molar-refractivity contribution in [3.05, 3.63) is 12.1 Å². The third-order valence-corrected chi connectivity index (χ3v) is 2.26. The number of amides is 1. The Hall–Kier alpha value is -2.35. The van der Waals surface area contributed by atoms with Gasteiger partial charge in [0.2, 0.25) is 5.91 Å². The van der Waals surface area contributed by atoms with Crippen LogP contribution >= 0.6 is 0 Å². The summed E-state index contributed by atoms with van der Waals surface area (Å²) in [6.07, 6.45) is -1.28. The minimum absolute atomic E-state index is 0.0266. The fraction of sp³-hybridized carbons (Fsp3) is 0.222. The largest absolute Gasteiger partial charge is 0.397 e. The molecule has 0 aliphatic carbocycles. The fourth-order valence-corrected chi connectivity index (χ4v) is 1.34. The number of aliphatic hydroxyl groups excluding tert-OH is 1. The number of nitrogens with zero attached hydrogens (tertiary/aromatic N) is 2. The molecule has 2 rings (SSSR count). The summed E-state index contributed by atoms with van der Waals surface area (Å²) in [4.78, 5) is 10.7. The number of hydrogen-bond donors (Lipinski definition) is 4. The maximum absolute atomic E-state index is 10.7. The van der Waals surface area contributed by atoms with Crippen LogP contribution in [0.2, 0.25) is 0 Å². The van der Waals surface area contributed by atoms with Gasteiger partial charge < -0.3 is 21.9 Å². The molecule has 17 heavy (non-hydrogen) atoms. The van der Waals surface area contributed by atoms with Crippen LogP contribution in [0, 0.1) is 0 Å². The van der Waals surface area contributed by atoms with E-state index in [1.54, 1.807) is 12.1 Å². The number of nitrogen functional groups attached to an aromatic ring is 1. The number of aromatic nitrogens is 2. The summed E-state index contributed by atoms with van der Waals surface area (Å²) in [5.41, 5.74) is 12.4. The number of hydrogen-bond acceptors (Lipinski definition) is 7. The highest BCUT2D eigenvalue weighted by Gasteiger charge is 2.13. The summed E-state index contributed by atoms with van der Waals surface area (Å²) >= 11 is 0. The minimum atomic E-state index is -1.28. The van der Waals surface area contributed by atoms with Crippen LogP contribution in [-0.2, 0) is 4.79 Å². The molecule has 1 aromatic heterocycles. The summed E-state index contributed by atoms with van der Waals surface area (Å²) in [5.74, 6) is -0.803. The Morgan fingerprint density at radius 2 is 2.18 bits per heavy atom. The number of carbonyl (C=O) groups excluding carboxylic acids is 1. The van der Waals surface area contributed by atoms with Crippen LogP contribution in [0.25, 0.3) is 11.0 Å². The van der Waals surface area contributed by atoms with Gasteiger partial charge in [0.25, 0.3) is 0 Å². The molecule has 0 saturated carbocycles. The second-order valence-corrected chi connectivity index (χ2v) is 3.46. The van der Waals surface area contributed by atoms with E-state index >= 15 is 0 Å². The number of fused-ring (bicyclic) bond motifs is 1. The van der Waals surface area contributed by atoms with E-state index in [1.807, 2.05) is 0 Å². The molecule has 1 unspecified atom stereocenters. The lowest BCUT2D eigenvalue weighted by Gasteiger charge is -2.09. The molecule has 0 aliphatic rings. The van der Waals surface area contributed by atoms with Gasteiger partial charge in [-0.15, -0.1) is 0 Å². The maximum Gasteiger partial charge on any atom is 0.248 e. The molecule has 8 nitrogen and oxygen atoms in total. The summed E-state index contributed by atoms with van der Waals surface area (Å²) < 4.78 is 4.57. The topological polar surface area (TPSA) is 140 Å². The molecule has 1 atom stereocenters. The van der Waals surface area contributed by atoms with Crippen molar-refractivity contribution in [1.29, 1.82) is 0 Å². The first-order valence-corrected chi connectivity index (χ1v) is 4.81. The van der Waals surface area contributed by atoms with Gasteiger partial charge in [-0.05, 0) is 22.4 Å². The second kappa shape index (κ2) is 4.26. The van der Waals surface area contributed by atoms with Crippen molar-refractivity contribution in [2.75, 3.05) is 17.6 Å². The van der Waals surface area contributed by atoms with Gasteiger partial charge in [0, 0.05) is 6.54 Å². The van der Waals surface area contributed by atoms with Crippen molar-refractivity contribution in [3.8, 4) is 0 Å². The monoisotopic (exact) mass is 237 g/mol. The van der Waals surface area contributed by atoms with Crippen LogP contribution in [0.5, 0.6) is 0 Å². The number of benzene rings is 1. The number of aliphatic hydroxyl groups is 1. The number of rotatable bonds is 4. The van der Waals surface area contributed by atoms with Crippen LogP contribution in [0.4, 0.5) is 11.4 Å². The summed E-state index contributed by atoms with van der Waals surface area (Å²) in [6, 6.07) is 3.26. The van der Waals surface area contributed by atoms with Crippen LogP contribution < -0.4 is 16.8 Å². The molecule has 0 spiro atoms. The zero-order chi connectivity index (χ0) is 12.4. The molecular weight excluding hydrogens is 226 g/mol. The van der Waals surface area contributed by atoms with Gasteiger partial charge in [-0.3, -0.25) is 4.79 Å². The normalized spacial score (nSPS) is 12.5. The third kappa shape index (κ3) is 2.11.